The fourth-order valence-corrected chi connectivity index (χ4v) is 3.44. The van der Waals surface area contributed by atoms with Crippen LogP contribution in [0.5, 0.6) is 0 Å². The van der Waals surface area contributed by atoms with Crippen LogP contribution in [0.1, 0.15) is 18.4 Å². The van der Waals surface area contributed by atoms with Crippen molar-refractivity contribution in [2.24, 2.45) is 0 Å². The molecule has 4 nitrogen and oxygen atoms in total. The van der Waals surface area contributed by atoms with Crippen LogP contribution >= 0.6 is 11.3 Å². The third kappa shape index (κ3) is 5.98. The van der Waals surface area contributed by atoms with Gasteiger partial charge in [0.05, 0.1) is 5.69 Å². The largest absolute Gasteiger partial charge is 0.375 e. The van der Waals surface area contributed by atoms with Gasteiger partial charge >= 0.3 is 0 Å². The lowest BCUT2D eigenvalue weighted by molar-refractivity contribution is 0.266. The van der Waals surface area contributed by atoms with E-state index in [0.29, 0.717) is 5.13 Å². The summed E-state index contributed by atoms with van der Waals surface area (Å²) in [6.07, 6.45) is 1.90. The Bertz CT molecular complexity index is 851. The summed E-state index contributed by atoms with van der Waals surface area (Å²) in [6, 6.07) is 16.7. The molecule has 4 rings (SSSR count). The Morgan fingerprint density at radius 1 is 1.04 bits per heavy atom. The van der Waals surface area contributed by atoms with Gasteiger partial charge in [0.1, 0.15) is 5.82 Å². The van der Waals surface area contributed by atoms with Crippen LogP contribution in [0.4, 0.5) is 9.52 Å². The van der Waals surface area contributed by atoms with Crippen molar-refractivity contribution in [2.75, 3.05) is 18.8 Å². The smallest absolute Gasteiger partial charge is 0.180 e. The highest BCUT2D eigenvalue weighted by atomic mass is 32.1. The lowest BCUT2D eigenvalue weighted by Gasteiger charge is -2.26. The van der Waals surface area contributed by atoms with E-state index in [4.69, 9.17) is 11.1 Å². The zero-order valence-corrected chi connectivity index (χ0v) is 15.9. The number of nitrogens with one attached hydrogen (secondary N) is 1. The molecule has 0 bridgehead atoms. The van der Waals surface area contributed by atoms with E-state index >= 15 is 0 Å². The van der Waals surface area contributed by atoms with Crippen LogP contribution in [-0.4, -0.2) is 28.7 Å². The highest BCUT2D eigenvalue weighted by Crippen LogP contribution is 2.22. The summed E-state index contributed by atoms with van der Waals surface area (Å²) in [4.78, 5) is 6.51. The van der Waals surface area contributed by atoms with Crippen molar-refractivity contribution >= 4 is 22.2 Å². The van der Waals surface area contributed by atoms with Gasteiger partial charge in [0.25, 0.3) is 0 Å². The molecule has 3 aromatic rings. The van der Waals surface area contributed by atoms with Crippen LogP contribution in [0.2, 0.25) is 0 Å². The summed E-state index contributed by atoms with van der Waals surface area (Å²) < 4.78 is 12.6. The number of aromatic nitrogens is 1. The van der Waals surface area contributed by atoms with Gasteiger partial charge in [-0.25, -0.2) is 9.37 Å². The summed E-state index contributed by atoms with van der Waals surface area (Å²) in [5, 5.41) is 9.91. The van der Waals surface area contributed by atoms with E-state index in [-0.39, 0.29) is 5.82 Å². The highest BCUT2D eigenvalue weighted by Gasteiger charge is 2.13. The number of piperidine rings is 1. The molecule has 0 saturated carbocycles. The first-order valence-corrected chi connectivity index (χ1v) is 9.77. The number of likely N-dealkylation sites (tertiary alicyclic amines) is 1. The second kappa shape index (κ2) is 9.39. The average molecular weight is 383 g/mol. The molecule has 0 spiro atoms. The van der Waals surface area contributed by atoms with E-state index in [0.717, 1.165) is 49.4 Å². The second-order valence-corrected chi connectivity index (χ2v) is 7.33. The maximum absolute atomic E-state index is 12.6. The Hall–Kier alpha value is -2.57. The number of hydrogen-bond donors (Lipinski definition) is 2. The number of benzene rings is 2. The molecule has 0 aliphatic carbocycles. The normalized spacial score (nSPS) is 14.5. The molecule has 27 heavy (non-hydrogen) atoms. The highest BCUT2D eigenvalue weighted by molar-refractivity contribution is 7.13. The van der Waals surface area contributed by atoms with Crippen LogP contribution in [-0.2, 0) is 6.54 Å². The zero-order chi connectivity index (χ0) is 19.1. The fourth-order valence-electron chi connectivity index (χ4n) is 2.86. The van der Waals surface area contributed by atoms with Crippen molar-refractivity contribution in [3.05, 3.63) is 71.4 Å². The third-order valence-electron chi connectivity index (χ3n) is 4.37. The number of halogens is 1. The van der Waals surface area contributed by atoms with Gasteiger partial charge in [-0.15, -0.1) is 11.3 Å². The molecule has 140 valence electrons. The Morgan fingerprint density at radius 3 is 2.30 bits per heavy atom. The molecule has 0 radical (unpaired) electrons. The summed E-state index contributed by atoms with van der Waals surface area (Å²) >= 11 is 1.38. The minimum absolute atomic E-state index is 0.244. The maximum Gasteiger partial charge on any atom is 0.180 e. The Kier molecular flexibility index (Phi) is 6.68. The molecule has 1 saturated heterocycles. The first kappa shape index (κ1) is 19.2. The number of nitrogens with zero attached hydrogens (tertiary/aromatic N) is 2. The summed E-state index contributed by atoms with van der Waals surface area (Å²) in [6.45, 7) is 3.13. The molecule has 1 aliphatic rings. The number of rotatable bonds is 3. The first-order valence-electron chi connectivity index (χ1n) is 8.89. The molecule has 2 heterocycles. The minimum Gasteiger partial charge on any atom is -0.375 e. The molecule has 0 unspecified atom stereocenters. The molecule has 1 aromatic heterocycles. The van der Waals surface area contributed by atoms with E-state index in [1.807, 2.05) is 5.38 Å². The molecule has 1 fully saturated rings. The van der Waals surface area contributed by atoms with E-state index in [1.165, 1.54) is 29.0 Å². The summed E-state index contributed by atoms with van der Waals surface area (Å²) in [5.74, 6) is -0.244. The number of thiazole rings is 1. The molecule has 6 heteroatoms. The van der Waals surface area contributed by atoms with Gasteiger partial charge < -0.3 is 11.1 Å². The zero-order valence-electron chi connectivity index (χ0n) is 15.1. The molecule has 0 atom stereocenters. The standard InChI is InChI=1S/C12H16N2.C9H7FN2S/c13-12-6-8-14(9-7-12)10-11-4-2-1-3-5-11;10-7-3-1-6(2-4-7)8-5-13-9(11)12-8/h1-5,13H,6-10H2;1-5H,(H2,11,12). The van der Waals surface area contributed by atoms with Gasteiger partial charge in [-0.3, -0.25) is 4.90 Å². The predicted octanol–water partition coefficient (Wildman–Crippen LogP) is 4.83. The SMILES string of the molecule is N=C1CCN(Cc2ccccc2)CC1.Nc1nc(-c2ccc(F)cc2)cs1. The quantitative estimate of drug-likeness (QED) is 0.682. The monoisotopic (exact) mass is 382 g/mol. The van der Waals surface area contributed by atoms with Crippen molar-refractivity contribution < 1.29 is 4.39 Å². The number of nitrogen functional groups attached to an aromatic ring is 1. The lowest BCUT2D eigenvalue weighted by atomic mass is 10.1. The Balaban J connectivity index is 0.000000156. The van der Waals surface area contributed by atoms with Crippen molar-refractivity contribution in [1.82, 2.24) is 9.88 Å². The minimum atomic E-state index is -0.244. The van der Waals surface area contributed by atoms with Crippen LogP contribution in [0.25, 0.3) is 11.3 Å². The van der Waals surface area contributed by atoms with Crippen molar-refractivity contribution in [1.29, 1.82) is 5.41 Å². The molecule has 0 amide bonds. The fraction of sp³-hybridized carbons (Fsp3) is 0.238. The van der Waals surface area contributed by atoms with E-state index < -0.39 is 0 Å². The Labute approximate surface area is 163 Å². The van der Waals surface area contributed by atoms with Crippen LogP contribution < -0.4 is 5.73 Å². The van der Waals surface area contributed by atoms with Crippen LogP contribution in [0, 0.1) is 11.2 Å². The van der Waals surface area contributed by atoms with Crippen molar-refractivity contribution in [3.63, 3.8) is 0 Å². The van der Waals surface area contributed by atoms with Gasteiger partial charge in [-0.05, 0) is 42.7 Å². The van der Waals surface area contributed by atoms with Gasteiger partial charge in [0.15, 0.2) is 5.13 Å². The molecule has 1 aliphatic heterocycles. The van der Waals surface area contributed by atoms with Crippen molar-refractivity contribution in [3.8, 4) is 11.3 Å². The molecular formula is C21H23FN4S. The topological polar surface area (TPSA) is 66.0 Å². The predicted molar refractivity (Wildman–Crippen MR) is 111 cm³/mol. The maximum atomic E-state index is 12.6. The van der Waals surface area contributed by atoms with E-state index in [9.17, 15) is 4.39 Å². The molecular weight excluding hydrogens is 359 g/mol. The van der Waals surface area contributed by atoms with Crippen molar-refractivity contribution in [2.45, 2.75) is 19.4 Å². The van der Waals surface area contributed by atoms with Crippen LogP contribution in [0.15, 0.2) is 60.0 Å². The number of nitrogens with two attached hydrogens (primary N) is 1. The summed E-state index contributed by atoms with van der Waals surface area (Å²) in [7, 11) is 0. The number of hydrogen-bond acceptors (Lipinski definition) is 5. The molecule has 3 N–H and O–H groups in total. The first-order chi connectivity index (χ1) is 13.1. The lowest BCUT2D eigenvalue weighted by Crippen LogP contribution is -2.32. The van der Waals surface area contributed by atoms with Gasteiger partial charge in [-0.2, -0.15) is 0 Å². The summed E-state index contributed by atoms with van der Waals surface area (Å²) in [5.41, 5.74) is 9.44. The number of anilines is 1. The average Bonchev–Trinajstić information content (AvgIpc) is 3.12. The van der Waals surface area contributed by atoms with E-state index in [1.54, 1.807) is 12.1 Å². The van der Waals surface area contributed by atoms with Gasteiger partial charge in [0.2, 0.25) is 0 Å². The van der Waals surface area contributed by atoms with Crippen LogP contribution in [0.3, 0.4) is 0 Å². The van der Waals surface area contributed by atoms with E-state index in [2.05, 4.69) is 40.2 Å². The Morgan fingerprint density at radius 2 is 1.70 bits per heavy atom. The van der Waals surface area contributed by atoms with Gasteiger partial charge in [-0.1, -0.05) is 30.3 Å². The van der Waals surface area contributed by atoms with Gasteiger partial charge in [0, 0.05) is 36.3 Å². The molecule has 2 aromatic carbocycles. The third-order valence-corrected chi connectivity index (χ3v) is 5.04. The second-order valence-electron chi connectivity index (χ2n) is 6.44.